The summed E-state index contributed by atoms with van der Waals surface area (Å²) in [6.45, 7) is 0. The second-order valence-electron chi connectivity index (χ2n) is 15.7. The van der Waals surface area contributed by atoms with Gasteiger partial charge in [0.15, 0.2) is 0 Å². The van der Waals surface area contributed by atoms with E-state index < -0.39 is 0 Å². The fraction of sp³-hybridized carbons (Fsp3) is 0. The Morgan fingerprint density at radius 2 is 0.758 bits per heavy atom. The largest absolute Gasteiger partial charge is 0.455 e. The Labute approximate surface area is 362 Å². The molecule has 0 N–H and O–H groups in total. The zero-order valence-corrected chi connectivity index (χ0v) is 34.0. The van der Waals surface area contributed by atoms with E-state index in [4.69, 9.17) is 4.42 Å². The Balaban J connectivity index is 0.993. The molecule has 2 nitrogen and oxygen atoms in total. The van der Waals surface area contributed by atoms with Gasteiger partial charge in [0.1, 0.15) is 11.3 Å². The molecule has 11 rings (SSSR count). The van der Waals surface area contributed by atoms with Gasteiger partial charge in [-0.3, -0.25) is 0 Å². The molecule has 1 heterocycles. The number of nitrogens with zero attached hydrogens (tertiary/aromatic N) is 1. The van der Waals surface area contributed by atoms with Gasteiger partial charge in [-0.1, -0.05) is 206 Å². The van der Waals surface area contributed by atoms with Gasteiger partial charge in [0.25, 0.3) is 0 Å². The van der Waals surface area contributed by atoms with Gasteiger partial charge >= 0.3 is 0 Å². The minimum Gasteiger partial charge on any atom is -0.455 e. The molecule has 0 bridgehead atoms. The zero-order chi connectivity index (χ0) is 41.2. The predicted octanol–water partition coefficient (Wildman–Crippen LogP) is 17.1. The number of benzene rings is 10. The molecule has 0 spiro atoms. The number of rotatable bonds is 9. The van der Waals surface area contributed by atoms with Gasteiger partial charge in [-0.2, -0.15) is 0 Å². The molecular weight excluding hydrogens is 751 g/mol. The first-order valence-electron chi connectivity index (χ1n) is 21.2. The summed E-state index contributed by atoms with van der Waals surface area (Å²) in [6, 6.07) is 88.9. The smallest absolute Gasteiger partial charge is 0.143 e. The average Bonchev–Trinajstić information content (AvgIpc) is 3.75. The summed E-state index contributed by atoms with van der Waals surface area (Å²) < 4.78 is 6.61. The van der Waals surface area contributed by atoms with Gasteiger partial charge in [0.05, 0.1) is 5.69 Å². The van der Waals surface area contributed by atoms with E-state index in [1.165, 1.54) is 33.0 Å². The van der Waals surface area contributed by atoms with Gasteiger partial charge in [-0.15, -0.1) is 0 Å². The van der Waals surface area contributed by atoms with Crippen LogP contribution in [0.3, 0.4) is 0 Å². The summed E-state index contributed by atoms with van der Waals surface area (Å²) in [5.41, 5.74) is 16.8. The third kappa shape index (κ3) is 6.94. The van der Waals surface area contributed by atoms with Crippen molar-refractivity contribution in [2.45, 2.75) is 0 Å². The molecule has 62 heavy (non-hydrogen) atoms. The van der Waals surface area contributed by atoms with Crippen LogP contribution in [-0.2, 0) is 0 Å². The van der Waals surface area contributed by atoms with Crippen LogP contribution in [0.5, 0.6) is 0 Å². The molecular formula is C60H41NO. The molecule has 0 amide bonds. The van der Waals surface area contributed by atoms with Crippen LogP contribution in [0.15, 0.2) is 253 Å². The lowest BCUT2D eigenvalue weighted by molar-refractivity contribution is 0.632. The van der Waals surface area contributed by atoms with Crippen LogP contribution >= 0.6 is 0 Å². The molecule has 2 heteroatoms. The van der Waals surface area contributed by atoms with Crippen LogP contribution in [0.25, 0.3) is 88.7 Å². The van der Waals surface area contributed by atoms with Crippen molar-refractivity contribution in [1.82, 2.24) is 0 Å². The molecule has 0 saturated heterocycles. The highest BCUT2D eigenvalue weighted by molar-refractivity contribution is 6.02. The van der Waals surface area contributed by atoms with E-state index in [0.717, 1.165) is 72.7 Å². The van der Waals surface area contributed by atoms with Crippen LogP contribution in [0.1, 0.15) is 0 Å². The third-order valence-electron chi connectivity index (χ3n) is 11.9. The highest BCUT2D eigenvalue weighted by Gasteiger charge is 2.20. The van der Waals surface area contributed by atoms with Crippen LogP contribution in [0.2, 0.25) is 0 Å². The monoisotopic (exact) mass is 791 g/mol. The van der Waals surface area contributed by atoms with Crippen molar-refractivity contribution in [3.05, 3.63) is 249 Å². The average molecular weight is 792 g/mol. The topological polar surface area (TPSA) is 16.4 Å². The summed E-state index contributed by atoms with van der Waals surface area (Å²) in [5, 5.41) is 3.60. The standard InChI is InChI=1S/C60H41NO/c1-3-15-42(16-4-1)43-29-31-47(32-30-43)55-24-9-11-27-57(55)61(52-39-35-46(36-40-52)54-26-14-20-45-17-7-8-23-53(45)54)51-37-33-44(34-38-51)49-21-13-22-50(41-49)60-59(48-18-5-2-6-19-48)56-25-10-12-28-58(56)62-60/h1-41H. The Hall–Kier alpha value is -8.20. The number of furan rings is 1. The van der Waals surface area contributed by atoms with E-state index in [1.54, 1.807) is 0 Å². The molecule has 0 radical (unpaired) electrons. The number of anilines is 3. The van der Waals surface area contributed by atoms with Crippen molar-refractivity contribution in [2.24, 2.45) is 0 Å². The zero-order valence-electron chi connectivity index (χ0n) is 34.0. The Morgan fingerprint density at radius 1 is 0.290 bits per heavy atom. The first kappa shape index (κ1) is 36.8. The summed E-state index contributed by atoms with van der Waals surface area (Å²) in [4.78, 5) is 2.38. The SMILES string of the molecule is c1ccc(-c2ccc(-c3ccccc3N(c3ccc(-c4cccc(-c5oc6ccccc6c5-c5ccccc5)c4)cc3)c3ccc(-c4cccc5ccccc45)cc3)cc2)cc1. The molecule has 292 valence electrons. The fourth-order valence-electron chi connectivity index (χ4n) is 8.86. The lowest BCUT2D eigenvalue weighted by atomic mass is 9.96. The van der Waals surface area contributed by atoms with Gasteiger partial charge in [-0.05, 0) is 97.7 Å². The highest BCUT2D eigenvalue weighted by atomic mass is 16.3. The number of hydrogen-bond donors (Lipinski definition) is 0. The molecule has 10 aromatic carbocycles. The normalized spacial score (nSPS) is 11.2. The van der Waals surface area contributed by atoms with E-state index in [0.29, 0.717) is 0 Å². The van der Waals surface area contributed by atoms with Crippen LogP contribution in [0, 0.1) is 0 Å². The van der Waals surface area contributed by atoms with Crippen molar-refractivity contribution in [2.75, 3.05) is 4.90 Å². The van der Waals surface area contributed by atoms with Gasteiger partial charge in [0, 0.05) is 33.5 Å². The molecule has 0 unspecified atom stereocenters. The lowest BCUT2D eigenvalue weighted by Crippen LogP contribution is -2.11. The molecule has 0 aliphatic heterocycles. The summed E-state index contributed by atoms with van der Waals surface area (Å²) >= 11 is 0. The first-order chi connectivity index (χ1) is 30.7. The maximum absolute atomic E-state index is 6.61. The van der Waals surface area contributed by atoms with E-state index >= 15 is 0 Å². The minimum atomic E-state index is 0.877. The second kappa shape index (κ2) is 16.1. The molecule has 0 aliphatic rings. The van der Waals surface area contributed by atoms with E-state index in [-0.39, 0.29) is 0 Å². The van der Waals surface area contributed by atoms with Gasteiger partial charge in [-0.25, -0.2) is 0 Å². The predicted molar refractivity (Wildman–Crippen MR) is 261 cm³/mol. The first-order valence-corrected chi connectivity index (χ1v) is 21.2. The molecule has 0 aliphatic carbocycles. The Morgan fingerprint density at radius 3 is 1.52 bits per heavy atom. The second-order valence-corrected chi connectivity index (χ2v) is 15.7. The Kier molecular flexibility index (Phi) is 9.57. The van der Waals surface area contributed by atoms with Gasteiger partial charge < -0.3 is 9.32 Å². The van der Waals surface area contributed by atoms with E-state index in [9.17, 15) is 0 Å². The quantitative estimate of drug-likeness (QED) is 0.145. The minimum absolute atomic E-state index is 0.877. The summed E-state index contributed by atoms with van der Waals surface area (Å²) in [7, 11) is 0. The van der Waals surface area contributed by atoms with Crippen molar-refractivity contribution in [1.29, 1.82) is 0 Å². The molecule has 0 atom stereocenters. The van der Waals surface area contributed by atoms with Crippen LogP contribution in [0.4, 0.5) is 17.1 Å². The molecule has 11 aromatic rings. The molecule has 0 fully saturated rings. The lowest BCUT2D eigenvalue weighted by Gasteiger charge is -2.28. The summed E-state index contributed by atoms with van der Waals surface area (Å²) in [5.74, 6) is 0.877. The fourth-order valence-corrected chi connectivity index (χ4v) is 8.86. The van der Waals surface area contributed by atoms with Crippen molar-refractivity contribution in [3.8, 4) is 67.0 Å². The maximum atomic E-state index is 6.61. The van der Waals surface area contributed by atoms with Crippen LogP contribution in [-0.4, -0.2) is 0 Å². The van der Waals surface area contributed by atoms with Crippen molar-refractivity contribution >= 4 is 38.8 Å². The highest BCUT2D eigenvalue weighted by Crippen LogP contribution is 2.44. The summed E-state index contributed by atoms with van der Waals surface area (Å²) in [6.07, 6.45) is 0. The van der Waals surface area contributed by atoms with Crippen molar-refractivity contribution < 1.29 is 4.42 Å². The Bertz CT molecular complexity index is 3310. The third-order valence-corrected chi connectivity index (χ3v) is 11.9. The number of fused-ring (bicyclic) bond motifs is 2. The van der Waals surface area contributed by atoms with Gasteiger partial charge in [0.2, 0.25) is 0 Å². The maximum Gasteiger partial charge on any atom is 0.143 e. The van der Waals surface area contributed by atoms with Crippen LogP contribution < -0.4 is 4.90 Å². The van der Waals surface area contributed by atoms with E-state index in [2.05, 4.69) is 248 Å². The van der Waals surface area contributed by atoms with Crippen molar-refractivity contribution in [3.63, 3.8) is 0 Å². The molecule has 1 aromatic heterocycles. The van der Waals surface area contributed by atoms with E-state index in [1.807, 2.05) is 6.07 Å². The molecule has 0 saturated carbocycles. The number of hydrogen-bond acceptors (Lipinski definition) is 2. The number of para-hydroxylation sites is 2.